The van der Waals surface area contributed by atoms with Crippen molar-refractivity contribution >= 4 is 17.2 Å². The summed E-state index contributed by atoms with van der Waals surface area (Å²) in [5.41, 5.74) is 3.23. The van der Waals surface area contributed by atoms with Crippen molar-refractivity contribution in [3.8, 4) is 0 Å². The van der Waals surface area contributed by atoms with Gasteiger partial charge in [-0.3, -0.25) is 4.40 Å². The molecule has 2 aromatic heterocycles. The zero-order valence-electron chi connectivity index (χ0n) is 12.6. The van der Waals surface area contributed by atoms with Crippen LogP contribution in [0.15, 0.2) is 54.7 Å². The van der Waals surface area contributed by atoms with Gasteiger partial charge in [0, 0.05) is 17.8 Å². The zero-order chi connectivity index (χ0) is 14.7. The van der Waals surface area contributed by atoms with Gasteiger partial charge in [0.15, 0.2) is 0 Å². The molecular formula is C18H21N3. The van der Waals surface area contributed by atoms with Gasteiger partial charge in [-0.25, -0.2) is 4.98 Å². The lowest BCUT2D eigenvalue weighted by Gasteiger charge is -2.12. The molecule has 3 aromatic rings. The largest absolute Gasteiger partial charge is 0.340 e. The lowest BCUT2D eigenvalue weighted by Crippen LogP contribution is -2.01. The molecule has 3 nitrogen and oxygen atoms in total. The van der Waals surface area contributed by atoms with Gasteiger partial charge < -0.3 is 5.32 Å². The normalized spacial score (nSPS) is 12.5. The number of pyridine rings is 1. The second-order valence-electron chi connectivity index (χ2n) is 5.46. The van der Waals surface area contributed by atoms with Crippen molar-refractivity contribution < 1.29 is 0 Å². The summed E-state index contributed by atoms with van der Waals surface area (Å²) in [6.07, 6.45) is 4.38. The van der Waals surface area contributed by atoms with E-state index < -0.39 is 0 Å². The van der Waals surface area contributed by atoms with E-state index in [2.05, 4.69) is 48.0 Å². The molecule has 3 heteroatoms. The third-order valence-electron chi connectivity index (χ3n) is 3.78. The fourth-order valence-corrected chi connectivity index (χ4v) is 2.71. The molecule has 0 spiro atoms. The monoisotopic (exact) mass is 279 g/mol. The minimum Gasteiger partial charge on any atom is -0.340 e. The van der Waals surface area contributed by atoms with Gasteiger partial charge in [0.2, 0.25) is 0 Å². The minimum absolute atomic E-state index is 0.445. The Labute approximate surface area is 125 Å². The van der Waals surface area contributed by atoms with Gasteiger partial charge in [0.05, 0.1) is 5.69 Å². The summed E-state index contributed by atoms with van der Waals surface area (Å²) in [5.74, 6) is 1.53. The van der Waals surface area contributed by atoms with Gasteiger partial charge in [0.25, 0.3) is 0 Å². The predicted molar refractivity (Wildman–Crippen MR) is 88.2 cm³/mol. The number of rotatable bonds is 5. The molecule has 1 atom stereocenters. The molecule has 0 saturated carbocycles. The molecule has 0 aliphatic rings. The number of hydrogen-bond donors (Lipinski definition) is 1. The van der Waals surface area contributed by atoms with E-state index in [1.807, 2.05) is 30.3 Å². The number of benzene rings is 1. The maximum Gasteiger partial charge on any atom is 0.138 e. The Hall–Kier alpha value is -2.29. The molecule has 0 radical (unpaired) electrons. The van der Waals surface area contributed by atoms with Crippen molar-refractivity contribution in [2.45, 2.75) is 32.6 Å². The highest BCUT2D eigenvalue weighted by Crippen LogP contribution is 2.30. The van der Waals surface area contributed by atoms with Crippen LogP contribution in [0, 0.1) is 0 Å². The first-order valence-corrected chi connectivity index (χ1v) is 7.58. The number of hydrogen-bond acceptors (Lipinski definition) is 2. The number of anilines is 2. The van der Waals surface area contributed by atoms with Crippen molar-refractivity contribution in [1.82, 2.24) is 9.38 Å². The maximum atomic E-state index is 4.83. The van der Waals surface area contributed by atoms with E-state index in [0.29, 0.717) is 5.92 Å². The van der Waals surface area contributed by atoms with E-state index >= 15 is 0 Å². The van der Waals surface area contributed by atoms with Crippen LogP contribution in [-0.4, -0.2) is 9.38 Å². The Morgan fingerprint density at radius 3 is 2.62 bits per heavy atom. The maximum absolute atomic E-state index is 4.83. The number of nitrogens with zero attached hydrogens (tertiary/aromatic N) is 2. The molecule has 1 unspecified atom stereocenters. The van der Waals surface area contributed by atoms with Crippen LogP contribution in [0.25, 0.3) is 5.65 Å². The summed E-state index contributed by atoms with van der Waals surface area (Å²) in [5, 5.41) is 3.54. The fraction of sp³-hybridized carbons (Fsp3) is 0.278. The Balaban J connectivity index is 2.07. The van der Waals surface area contributed by atoms with Gasteiger partial charge in [-0.2, -0.15) is 0 Å². The van der Waals surface area contributed by atoms with E-state index in [1.54, 1.807) is 0 Å². The molecule has 1 N–H and O–H groups in total. The number of fused-ring (bicyclic) bond motifs is 1. The molecule has 21 heavy (non-hydrogen) atoms. The first kappa shape index (κ1) is 13.7. The predicted octanol–water partition coefficient (Wildman–Crippen LogP) is 4.98. The van der Waals surface area contributed by atoms with E-state index in [1.165, 1.54) is 6.42 Å². The second-order valence-corrected chi connectivity index (χ2v) is 5.46. The highest BCUT2D eigenvalue weighted by Gasteiger charge is 2.17. The van der Waals surface area contributed by atoms with Crippen molar-refractivity contribution in [2.24, 2.45) is 0 Å². The first-order valence-electron chi connectivity index (χ1n) is 7.58. The molecule has 2 heterocycles. The number of para-hydroxylation sites is 1. The summed E-state index contributed by atoms with van der Waals surface area (Å²) in [7, 11) is 0. The smallest absolute Gasteiger partial charge is 0.138 e. The Bertz CT molecular complexity index is 716. The third kappa shape index (κ3) is 2.77. The van der Waals surface area contributed by atoms with Crippen molar-refractivity contribution in [3.63, 3.8) is 0 Å². The Morgan fingerprint density at radius 1 is 1.10 bits per heavy atom. The van der Waals surface area contributed by atoms with Crippen LogP contribution in [0.3, 0.4) is 0 Å². The van der Waals surface area contributed by atoms with Crippen LogP contribution < -0.4 is 5.32 Å². The summed E-state index contributed by atoms with van der Waals surface area (Å²) in [6.45, 7) is 4.47. The molecule has 3 rings (SSSR count). The summed E-state index contributed by atoms with van der Waals surface area (Å²) in [4.78, 5) is 4.83. The second kappa shape index (κ2) is 6.00. The number of aromatic nitrogens is 2. The molecule has 0 bridgehead atoms. The molecule has 0 aliphatic heterocycles. The lowest BCUT2D eigenvalue weighted by atomic mass is 10.0. The van der Waals surface area contributed by atoms with E-state index in [9.17, 15) is 0 Å². The highest BCUT2D eigenvalue weighted by molar-refractivity contribution is 5.64. The molecule has 1 aromatic carbocycles. The Morgan fingerprint density at radius 2 is 1.86 bits per heavy atom. The van der Waals surface area contributed by atoms with E-state index in [4.69, 9.17) is 4.98 Å². The van der Waals surface area contributed by atoms with Crippen LogP contribution in [0.2, 0.25) is 0 Å². The quantitative estimate of drug-likeness (QED) is 0.713. The summed E-state index contributed by atoms with van der Waals surface area (Å²) < 4.78 is 2.13. The number of nitrogens with one attached hydrogen (secondary N) is 1. The molecule has 0 aliphatic carbocycles. The van der Waals surface area contributed by atoms with Crippen molar-refractivity contribution in [2.75, 3.05) is 5.32 Å². The lowest BCUT2D eigenvalue weighted by molar-refractivity contribution is 0.653. The van der Waals surface area contributed by atoms with Gasteiger partial charge in [-0.15, -0.1) is 0 Å². The van der Waals surface area contributed by atoms with Gasteiger partial charge >= 0.3 is 0 Å². The summed E-state index contributed by atoms with van der Waals surface area (Å²) in [6, 6.07) is 16.4. The van der Waals surface area contributed by atoms with Crippen molar-refractivity contribution in [1.29, 1.82) is 0 Å². The Kier molecular flexibility index (Phi) is 3.91. The van der Waals surface area contributed by atoms with Crippen LogP contribution >= 0.6 is 0 Å². The molecular weight excluding hydrogens is 258 g/mol. The summed E-state index contributed by atoms with van der Waals surface area (Å²) >= 11 is 0. The van der Waals surface area contributed by atoms with E-state index in [0.717, 1.165) is 29.3 Å². The number of imidazole rings is 1. The highest BCUT2D eigenvalue weighted by atomic mass is 15.1. The molecule has 108 valence electrons. The van der Waals surface area contributed by atoms with Crippen molar-refractivity contribution in [3.05, 3.63) is 60.4 Å². The van der Waals surface area contributed by atoms with Crippen LogP contribution in [0.1, 0.15) is 38.3 Å². The van der Waals surface area contributed by atoms with Crippen LogP contribution in [0.5, 0.6) is 0 Å². The third-order valence-corrected chi connectivity index (χ3v) is 3.78. The van der Waals surface area contributed by atoms with E-state index in [-0.39, 0.29) is 0 Å². The van der Waals surface area contributed by atoms with Gasteiger partial charge in [0.1, 0.15) is 11.5 Å². The minimum atomic E-state index is 0.445. The zero-order valence-corrected chi connectivity index (χ0v) is 12.6. The average Bonchev–Trinajstić information content (AvgIpc) is 2.88. The average molecular weight is 279 g/mol. The van der Waals surface area contributed by atoms with Gasteiger partial charge in [-0.05, 0) is 30.7 Å². The fourth-order valence-electron chi connectivity index (χ4n) is 2.71. The standard InChI is InChI=1S/C18H21N3/c1-3-9-14(2)17-18(19-15-10-5-4-6-11-15)21-13-8-7-12-16(21)20-17/h4-8,10-14,19H,3,9H2,1-2H3. The molecule has 0 amide bonds. The van der Waals surface area contributed by atoms with Crippen LogP contribution in [-0.2, 0) is 0 Å². The molecule has 0 fully saturated rings. The molecule has 0 saturated heterocycles. The first-order chi connectivity index (χ1) is 10.3. The van der Waals surface area contributed by atoms with Gasteiger partial charge in [-0.1, -0.05) is 44.5 Å². The van der Waals surface area contributed by atoms with Crippen LogP contribution in [0.4, 0.5) is 11.5 Å². The SMILES string of the molecule is CCCC(C)c1nc2ccccn2c1Nc1ccccc1. The topological polar surface area (TPSA) is 29.3 Å².